The molecule has 0 N–H and O–H groups in total. The molecule has 244 valence electrons. The van der Waals surface area contributed by atoms with Gasteiger partial charge in [0.05, 0.1) is 11.0 Å². The standard InChI is InChI=1S/C50H34N2/c1-2-11-35(12-3-1)37-23-28-42(29-24-37)51(43-30-25-38(26-31-43)41-22-21-36-13-4-5-15-40(36)33-41)44-16-10-17-45(34-44)52-49-20-9-8-19-47(49)48-32-27-39-14-6-7-18-46(39)50(48)52/h1-34H. The monoisotopic (exact) mass is 662 g/mol. The smallest absolute Gasteiger partial charge is 0.0619 e. The number of benzene rings is 9. The first-order chi connectivity index (χ1) is 25.8. The molecule has 2 heteroatoms. The highest BCUT2D eigenvalue weighted by molar-refractivity contribution is 6.18. The minimum absolute atomic E-state index is 1.09. The minimum atomic E-state index is 1.09. The van der Waals surface area contributed by atoms with Gasteiger partial charge in [0.15, 0.2) is 0 Å². The molecule has 0 saturated heterocycles. The molecular formula is C50H34N2. The van der Waals surface area contributed by atoms with Gasteiger partial charge in [-0.2, -0.15) is 0 Å². The van der Waals surface area contributed by atoms with E-state index in [-0.39, 0.29) is 0 Å². The van der Waals surface area contributed by atoms with Crippen LogP contribution in [0.4, 0.5) is 17.1 Å². The zero-order valence-electron chi connectivity index (χ0n) is 28.5. The quantitative estimate of drug-likeness (QED) is 0.172. The molecular weight excluding hydrogens is 629 g/mol. The molecule has 0 aliphatic heterocycles. The average molecular weight is 663 g/mol. The molecule has 1 heterocycles. The molecule has 52 heavy (non-hydrogen) atoms. The molecule has 0 saturated carbocycles. The van der Waals surface area contributed by atoms with Crippen LogP contribution in [-0.4, -0.2) is 4.57 Å². The van der Waals surface area contributed by atoms with Crippen LogP contribution in [0.5, 0.6) is 0 Å². The Bertz CT molecular complexity index is 2880. The van der Waals surface area contributed by atoms with Crippen LogP contribution >= 0.6 is 0 Å². The topological polar surface area (TPSA) is 8.17 Å². The number of hydrogen-bond acceptors (Lipinski definition) is 1. The molecule has 0 aliphatic rings. The maximum absolute atomic E-state index is 2.44. The number of fused-ring (bicyclic) bond motifs is 6. The Morgan fingerprint density at radius 1 is 0.308 bits per heavy atom. The van der Waals surface area contributed by atoms with Gasteiger partial charge < -0.3 is 9.47 Å². The van der Waals surface area contributed by atoms with Crippen molar-refractivity contribution >= 4 is 60.4 Å². The number of rotatable bonds is 6. The number of nitrogens with zero attached hydrogens (tertiary/aromatic N) is 2. The first-order valence-corrected chi connectivity index (χ1v) is 17.8. The molecule has 10 rings (SSSR count). The van der Waals surface area contributed by atoms with Crippen molar-refractivity contribution in [1.82, 2.24) is 4.57 Å². The van der Waals surface area contributed by atoms with Crippen LogP contribution in [0.3, 0.4) is 0 Å². The van der Waals surface area contributed by atoms with Gasteiger partial charge in [0.1, 0.15) is 0 Å². The van der Waals surface area contributed by atoms with Crippen molar-refractivity contribution in [2.24, 2.45) is 0 Å². The molecule has 0 bridgehead atoms. The van der Waals surface area contributed by atoms with Crippen LogP contribution in [0.15, 0.2) is 206 Å². The van der Waals surface area contributed by atoms with E-state index < -0.39 is 0 Å². The zero-order chi connectivity index (χ0) is 34.4. The van der Waals surface area contributed by atoms with Crippen molar-refractivity contribution in [2.45, 2.75) is 0 Å². The lowest BCUT2D eigenvalue weighted by atomic mass is 10.0. The molecule has 9 aromatic carbocycles. The Morgan fingerprint density at radius 3 is 1.65 bits per heavy atom. The van der Waals surface area contributed by atoms with Crippen molar-refractivity contribution in [3.63, 3.8) is 0 Å². The number of hydrogen-bond donors (Lipinski definition) is 0. The van der Waals surface area contributed by atoms with Crippen LogP contribution in [-0.2, 0) is 0 Å². The lowest BCUT2D eigenvalue weighted by molar-refractivity contribution is 1.17. The summed E-state index contributed by atoms with van der Waals surface area (Å²) >= 11 is 0. The molecule has 10 aromatic rings. The third-order valence-electron chi connectivity index (χ3n) is 10.3. The molecule has 2 nitrogen and oxygen atoms in total. The lowest BCUT2D eigenvalue weighted by Gasteiger charge is -2.26. The van der Waals surface area contributed by atoms with Gasteiger partial charge >= 0.3 is 0 Å². The highest BCUT2D eigenvalue weighted by Gasteiger charge is 2.18. The SMILES string of the molecule is c1ccc(-c2ccc(N(c3ccc(-c4ccc5ccccc5c4)cc3)c3cccc(-n4c5ccccc5c5ccc6ccccc6c54)c3)cc2)cc1. The summed E-state index contributed by atoms with van der Waals surface area (Å²) in [5, 5.41) is 7.51. The van der Waals surface area contributed by atoms with E-state index in [4.69, 9.17) is 0 Å². The summed E-state index contributed by atoms with van der Waals surface area (Å²) in [5.41, 5.74) is 11.7. The fourth-order valence-electron chi connectivity index (χ4n) is 7.82. The molecule has 0 amide bonds. The first-order valence-electron chi connectivity index (χ1n) is 17.8. The third kappa shape index (κ3) is 5.12. The minimum Gasteiger partial charge on any atom is -0.310 e. The van der Waals surface area contributed by atoms with E-state index in [9.17, 15) is 0 Å². The molecule has 0 radical (unpaired) electrons. The Balaban J connectivity index is 1.13. The third-order valence-corrected chi connectivity index (χ3v) is 10.3. The van der Waals surface area contributed by atoms with Crippen LogP contribution in [0, 0.1) is 0 Å². The second-order valence-electron chi connectivity index (χ2n) is 13.4. The number of aromatic nitrogens is 1. The van der Waals surface area contributed by atoms with Gasteiger partial charge in [-0.15, -0.1) is 0 Å². The fourth-order valence-corrected chi connectivity index (χ4v) is 7.82. The Hall–Kier alpha value is -6.90. The van der Waals surface area contributed by atoms with Gasteiger partial charge in [0.25, 0.3) is 0 Å². The molecule has 0 fully saturated rings. The van der Waals surface area contributed by atoms with Crippen LogP contribution < -0.4 is 4.90 Å². The summed E-state index contributed by atoms with van der Waals surface area (Å²) in [5.74, 6) is 0. The normalized spacial score (nSPS) is 11.5. The van der Waals surface area contributed by atoms with Gasteiger partial charge in [-0.3, -0.25) is 0 Å². The Labute approximate surface area is 303 Å². The van der Waals surface area contributed by atoms with Crippen molar-refractivity contribution in [3.05, 3.63) is 206 Å². The predicted molar refractivity (Wildman–Crippen MR) is 221 cm³/mol. The zero-order valence-corrected chi connectivity index (χ0v) is 28.5. The Kier molecular flexibility index (Phi) is 7.18. The van der Waals surface area contributed by atoms with E-state index in [2.05, 4.69) is 216 Å². The summed E-state index contributed by atoms with van der Waals surface area (Å²) < 4.78 is 2.44. The molecule has 0 aliphatic carbocycles. The second kappa shape index (κ2) is 12.5. The lowest BCUT2D eigenvalue weighted by Crippen LogP contribution is -2.10. The average Bonchev–Trinajstić information content (AvgIpc) is 3.57. The van der Waals surface area contributed by atoms with Gasteiger partial charge in [0, 0.05) is 38.9 Å². The number of para-hydroxylation sites is 1. The Morgan fingerprint density at radius 2 is 0.885 bits per heavy atom. The first kappa shape index (κ1) is 30.0. The van der Waals surface area contributed by atoms with Crippen molar-refractivity contribution in [3.8, 4) is 27.9 Å². The largest absolute Gasteiger partial charge is 0.310 e. The summed E-state index contributed by atoms with van der Waals surface area (Å²) in [7, 11) is 0. The van der Waals surface area contributed by atoms with Gasteiger partial charge in [-0.05, 0) is 93.0 Å². The van der Waals surface area contributed by atoms with Gasteiger partial charge in [-0.1, -0.05) is 152 Å². The van der Waals surface area contributed by atoms with E-state index in [1.807, 2.05) is 0 Å². The maximum Gasteiger partial charge on any atom is 0.0619 e. The summed E-state index contributed by atoms with van der Waals surface area (Å²) in [4.78, 5) is 2.37. The van der Waals surface area contributed by atoms with Gasteiger partial charge in [0.2, 0.25) is 0 Å². The van der Waals surface area contributed by atoms with Crippen LogP contribution in [0.1, 0.15) is 0 Å². The molecule has 0 unspecified atom stereocenters. The second-order valence-corrected chi connectivity index (χ2v) is 13.4. The highest BCUT2D eigenvalue weighted by Crippen LogP contribution is 2.40. The number of anilines is 3. The highest BCUT2D eigenvalue weighted by atomic mass is 15.1. The van der Waals surface area contributed by atoms with Crippen molar-refractivity contribution < 1.29 is 0 Å². The van der Waals surface area contributed by atoms with E-state index >= 15 is 0 Å². The van der Waals surface area contributed by atoms with Crippen LogP contribution in [0.25, 0.3) is 71.3 Å². The predicted octanol–water partition coefficient (Wildman–Crippen LogP) is 13.9. The molecule has 1 aromatic heterocycles. The van der Waals surface area contributed by atoms with E-state index in [0.717, 1.165) is 22.7 Å². The van der Waals surface area contributed by atoms with Crippen LogP contribution in [0.2, 0.25) is 0 Å². The van der Waals surface area contributed by atoms with Gasteiger partial charge in [-0.25, -0.2) is 0 Å². The summed E-state index contributed by atoms with van der Waals surface area (Å²) in [6.07, 6.45) is 0. The molecule has 0 atom stereocenters. The molecule has 0 spiro atoms. The van der Waals surface area contributed by atoms with E-state index in [0.29, 0.717) is 0 Å². The van der Waals surface area contributed by atoms with Crippen molar-refractivity contribution in [1.29, 1.82) is 0 Å². The van der Waals surface area contributed by atoms with E-state index in [1.165, 1.54) is 65.6 Å². The van der Waals surface area contributed by atoms with Crippen molar-refractivity contribution in [2.75, 3.05) is 4.90 Å². The maximum atomic E-state index is 2.44. The van der Waals surface area contributed by atoms with E-state index in [1.54, 1.807) is 0 Å². The summed E-state index contributed by atoms with van der Waals surface area (Å²) in [6.45, 7) is 0. The fraction of sp³-hybridized carbons (Fsp3) is 0. The summed E-state index contributed by atoms with van der Waals surface area (Å²) in [6, 6.07) is 74.7.